The largest absolute Gasteiger partial charge is 0.310 e. The van der Waals surface area contributed by atoms with Crippen molar-refractivity contribution in [3.8, 4) is 39.1 Å². The molecule has 0 N–H and O–H groups in total. The minimum absolute atomic E-state index is 1.10. The van der Waals surface area contributed by atoms with Crippen molar-refractivity contribution in [2.24, 2.45) is 0 Å². The van der Waals surface area contributed by atoms with Gasteiger partial charge in [0.1, 0.15) is 0 Å². The fourth-order valence-corrected chi connectivity index (χ4v) is 8.23. The van der Waals surface area contributed by atoms with Crippen LogP contribution in [0.4, 0.5) is 17.1 Å². The summed E-state index contributed by atoms with van der Waals surface area (Å²) >= 11 is 0. The number of aryl methyl sites for hydroxylation is 1. The molecule has 2 heteroatoms. The van der Waals surface area contributed by atoms with E-state index in [1.807, 2.05) is 0 Å². The maximum Gasteiger partial charge on any atom is 0.0562 e. The Kier molecular flexibility index (Phi) is 8.08. The van der Waals surface area contributed by atoms with Crippen molar-refractivity contribution in [1.29, 1.82) is 0 Å². The van der Waals surface area contributed by atoms with E-state index in [0.717, 1.165) is 17.1 Å². The maximum atomic E-state index is 2.47. The van der Waals surface area contributed by atoms with E-state index in [9.17, 15) is 0 Å². The maximum absolute atomic E-state index is 2.47. The number of hydrogen-bond acceptors (Lipinski definition) is 1. The summed E-state index contributed by atoms with van der Waals surface area (Å²) in [4.78, 5) is 2.37. The highest BCUT2D eigenvalue weighted by atomic mass is 15.1. The molecule has 0 saturated carbocycles. The van der Waals surface area contributed by atoms with Crippen LogP contribution in [0.2, 0.25) is 0 Å². The lowest BCUT2D eigenvalue weighted by Gasteiger charge is -2.26. The van der Waals surface area contributed by atoms with Gasteiger partial charge in [0.05, 0.1) is 16.7 Å². The monoisotopic (exact) mass is 702 g/mol. The third-order valence-electron chi connectivity index (χ3n) is 10.9. The Balaban J connectivity index is 1.11. The van der Waals surface area contributed by atoms with Crippen LogP contribution in [0, 0.1) is 6.92 Å². The molecule has 55 heavy (non-hydrogen) atoms. The standard InChI is InChI=1S/C53H38N2/c1-37-13-12-22-51(53(37)44-28-27-39-16-8-9-17-43(39)35-44)55-50-21-11-10-20-48(50)49-34-33-47(36-52(49)55)54(45-18-6-3-7-19-45)46-31-29-42(30-32-46)41-25-23-40(24-26-41)38-14-4-2-5-15-38/h2-36H,1H3. The van der Waals surface area contributed by atoms with Crippen LogP contribution >= 0.6 is 0 Å². The van der Waals surface area contributed by atoms with Crippen LogP contribution in [0.1, 0.15) is 5.56 Å². The molecular weight excluding hydrogens is 665 g/mol. The zero-order valence-corrected chi connectivity index (χ0v) is 30.6. The van der Waals surface area contributed by atoms with Crippen LogP contribution in [0.3, 0.4) is 0 Å². The van der Waals surface area contributed by atoms with Gasteiger partial charge in [0.25, 0.3) is 0 Å². The molecule has 10 rings (SSSR count). The Bertz CT molecular complexity index is 2960. The fraction of sp³-hybridized carbons (Fsp3) is 0.0189. The van der Waals surface area contributed by atoms with Crippen molar-refractivity contribution in [3.05, 3.63) is 218 Å². The van der Waals surface area contributed by atoms with Crippen molar-refractivity contribution in [2.45, 2.75) is 6.92 Å². The quantitative estimate of drug-likeness (QED) is 0.160. The Morgan fingerprint density at radius 1 is 0.345 bits per heavy atom. The molecule has 1 aromatic heterocycles. The third kappa shape index (κ3) is 5.85. The van der Waals surface area contributed by atoms with Gasteiger partial charge < -0.3 is 9.47 Å². The number of nitrogens with zero attached hydrogens (tertiary/aromatic N) is 2. The molecule has 1 heterocycles. The molecule has 10 aromatic rings. The molecule has 0 fully saturated rings. The van der Waals surface area contributed by atoms with Crippen LogP contribution in [0.5, 0.6) is 0 Å². The Labute approximate surface area is 321 Å². The van der Waals surface area contributed by atoms with E-state index in [2.05, 4.69) is 229 Å². The number of aromatic nitrogens is 1. The molecule has 0 radical (unpaired) electrons. The van der Waals surface area contributed by atoms with Gasteiger partial charge >= 0.3 is 0 Å². The third-order valence-corrected chi connectivity index (χ3v) is 10.9. The van der Waals surface area contributed by atoms with Gasteiger partial charge in [-0.25, -0.2) is 0 Å². The zero-order chi connectivity index (χ0) is 36.7. The average molecular weight is 703 g/mol. The molecule has 2 nitrogen and oxygen atoms in total. The van der Waals surface area contributed by atoms with Crippen molar-refractivity contribution in [3.63, 3.8) is 0 Å². The topological polar surface area (TPSA) is 8.17 Å². The predicted octanol–water partition coefficient (Wildman–Crippen LogP) is 14.7. The number of benzene rings is 9. The summed E-state index contributed by atoms with van der Waals surface area (Å²) in [5, 5.41) is 4.96. The first-order chi connectivity index (χ1) is 27.2. The van der Waals surface area contributed by atoms with Crippen LogP contribution in [0.25, 0.3) is 71.6 Å². The highest BCUT2D eigenvalue weighted by Crippen LogP contribution is 2.42. The number of fused-ring (bicyclic) bond motifs is 4. The van der Waals surface area contributed by atoms with Gasteiger partial charge in [-0.15, -0.1) is 0 Å². The van der Waals surface area contributed by atoms with E-state index >= 15 is 0 Å². The molecule has 0 aliphatic heterocycles. The summed E-state index contributed by atoms with van der Waals surface area (Å²) < 4.78 is 2.47. The zero-order valence-electron chi connectivity index (χ0n) is 30.6. The SMILES string of the molecule is Cc1cccc(-n2c3ccccc3c3ccc(N(c4ccccc4)c4ccc(-c5ccc(-c6ccccc6)cc5)cc4)cc32)c1-c1ccc2ccccc2c1. The second-order valence-corrected chi connectivity index (χ2v) is 14.2. The molecule has 9 aromatic carbocycles. The molecule has 0 spiro atoms. The summed E-state index contributed by atoms with van der Waals surface area (Å²) in [6.45, 7) is 2.23. The number of rotatable bonds is 7. The summed E-state index contributed by atoms with van der Waals surface area (Å²) in [6, 6.07) is 76.9. The molecular formula is C53H38N2. The van der Waals surface area contributed by atoms with E-state index in [4.69, 9.17) is 0 Å². The van der Waals surface area contributed by atoms with Gasteiger partial charge in [0.15, 0.2) is 0 Å². The molecule has 0 unspecified atom stereocenters. The predicted molar refractivity (Wildman–Crippen MR) is 234 cm³/mol. The van der Waals surface area contributed by atoms with Crippen LogP contribution < -0.4 is 4.90 Å². The van der Waals surface area contributed by atoms with Crippen LogP contribution in [-0.4, -0.2) is 4.57 Å². The molecule has 0 aliphatic rings. The molecule has 0 atom stereocenters. The van der Waals surface area contributed by atoms with Gasteiger partial charge in [-0.05, 0) is 106 Å². The lowest BCUT2D eigenvalue weighted by atomic mass is 9.96. The van der Waals surface area contributed by atoms with E-state index in [1.54, 1.807) is 0 Å². The first kappa shape index (κ1) is 32.5. The minimum Gasteiger partial charge on any atom is -0.310 e. The Hall–Kier alpha value is -7.16. The van der Waals surface area contributed by atoms with E-state index in [-0.39, 0.29) is 0 Å². The van der Waals surface area contributed by atoms with Crippen molar-refractivity contribution >= 4 is 49.6 Å². The number of anilines is 3. The number of hydrogen-bond donors (Lipinski definition) is 0. The summed E-state index contributed by atoms with van der Waals surface area (Å²) in [5.74, 6) is 0. The highest BCUT2D eigenvalue weighted by Gasteiger charge is 2.20. The minimum atomic E-state index is 1.10. The second kappa shape index (κ2) is 13.7. The average Bonchev–Trinajstić information content (AvgIpc) is 3.58. The first-order valence-electron chi connectivity index (χ1n) is 18.9. The van der Waals surface area contributed by atoms with Gasteiger partial charge in [-0.2, -0.15) is 0 Å². The van der Waals surface area contributed by atoms with Crippen molar-refractivity contribution < 1.29 is 0 Å². The molecule has 0 bridgehead atoms. The normalized spacial score (nSPS) is 11.4. The van der Waals surface area contributed by atoms with E-state index in [1.165, 1.54) is 77.2 Å². The Morgan fingerprint density at radius 3 is 1.64 bits per heavy atom. The van der Waals surface area contributed by atoms with Crippen LogP contribution in [0.15, 0.2) is 212 Å². The van der Waals surface area contributed by atoms with Crippen molar-refractivity contribution in [2.75, 3.05) is 4.90 Å². The van der Waals surface area contributed by atoms with Gasteiger partial charge in [-0.1, -0.05) is 158 Å². The molecule has 0 amide bonds. The Morgan fingerprint density at radius 2 is 0.891 bits per heavy atom. The second-order valence-electron chi connectivity index (χ2n) is 14.2. The number of para-hydroxylation sites is 2. The molecule has 0 saturated heterocycles. The summed E-state index contributed by atoms with van der Waals surface area (Å²) in [5.41, 5.74) is 15.4. The van der Waals surface area contributed by atoms with Crippen molar-refractivity contribution in [1.82, 2.24) is 4.57 Å². The molecule has 260 valence electrons. The van der Waals surface area contributed by atoms with Gasteiger partial charge in [0.2, 0.25) is 0 Å². The lowest BCUT2D eigenvalue weighted by molar-refractivity contribution is 1.17. The highest BCUT2D eigenvalue weighted by molar-refractivity contribution is 6.11. The van der Waals surface area contributed by atoms with Gasteiger partial charge in [0, 0.05) is 33.4 Å². The fourth-order valence-electron chi connectivity index (χ4n) is 8.23. The van der Waals surface area contributed by atoms with E-state index < -0.39 is 0 Å². The van der Waals surface area contributed by atoms with E-state index in [0.29, 0.717) is 0 Å². The smallest absolute Gasteiger partial charge is 0.0562 e. The first-order valence-corrected chi connectivity index (χ1v) is 18.9. The van der Waals surface area contributed by atoms with Crippen LogP contribution in [-0.2, 0) is 0 Å². The van der Waals surface area contributed by atoms with Gasteiger partial charge in [-0.3, -0.25) is 0 Å². The lowest BCUT2D eigenvalue weighted by Crippen LogP contribution is -2.10. The molecule has 0 aliphatic carbocycles. The summed E-state index contributed by atoms with van der Waals surface area (Å²) in [7, 11) is 0. The summed E-state index contributed by atoms with van der Waals surface area (Å²) in [6.07, 6.45) is 0.